The normalized spacial score (nSPS) is 29.0. The molecule has 0 heterocycles. The van der Waals surface area contributed by atoms with E-state index in [-0.39, 0.29) is 16.5 Å². The van der Waals surface area contributed by atoms with Crippen molar-refractivity contribution in [2.24, 2.45) is 11.8 Å². The molecule has 0 aromatic heterocycles. The standard InChI is InChI=1S/C30H48N2Si/c1-28(2,3)32(29(4,5)6)33(11,12)27-19-26(31(9)10)22-18-25-21(17-23(22)27)20-15-13-14-16-24(20)30(25,7)8/h13-18,22-23,26-27H,19H2,1-12H3. The molecule has 0 bridgehead atoms. The number of rotatable bonds is 3. The zero-order valence-corrected chi connectivity index (χ0v) is 24.4. The molecule has 0 N–H and O–H groups in total. The minimum atomic E-state index is -1.80. The first-order chi connectivity index (χ1) is 15.0. The van der Waals surface area contributed by atoms with Gasteiger partial charge in [-0.3, -0.25) is 0 Å². The van der Waals surface area contributed by atoms with Crippen LogP contribution in [0.2, 0.25) is 18.6 Å². The van der Waals surface area contributed by atoms with Crippen LogP contribution in [0.3, 0.4) is 0 Å². The number of fused-ring (bicyclic) bond motifs is 4. The fraction of sp³-hybridized carbons (Fsp3) is 0.667. The van der Waals surface area contributed by atoms with E-state index in [1.54, 1.807) is 5.57 Å². The molecule has 0 amide bonds. The molecule has 182 valence electrons. The van der Waals surface area contributed by atoms with Gasteiger partial charge in [0, 0.05) is 22.5 Å². The zero-order chi connectivity index (χ0) is 24.7. The van der Waals surface area contributed by atoms with Crippen LogP contribution in [-0.2, 0) is 5.41 Å². The minimum absolute atomic E-state index is 0.0954. The topological polar surface area (TPSA) is 6.48 Å². The Morgan fingerprint density at radius 3 is 2.00 bits per heavy atom. The third-order valence-corrected chi connectivity index (χ3v) is 13.8. The van der Waals surface area contributed by atoms with Crippen molar-refractivity contribution < 1.29 is 0 Å². The molecule has 4 rings (SSSR count). The predicted molar refractivity (Wildman–Crippen MR) is 147 cm³/mol. The van der Waals surface area contributed by atoms with Crippen LogP contribution >= 0.6 is 0 Å². The monoisotopic (exact) mass is 464 g/mol. The summed E-state index contributed by atoms with van der Waals surface area (Å²) >= 11 is 0. The van der Waals surface area contributed by atoms with Crippen LogP contribution in [0.1, 0.15) is 72.9 Å². The van der Waals surface area contributed by atoms with Gasteiger partial charge in [-0.2, -0.15) is 0 Å². The summed E-state index contributed by atoms with van der Waals surface area (Å²) in [4.78, 5) is 2.52. The summed E-state index contributed by atoms with van der Waals surface area (Å²) < 4.78 is 2.94. The van der Waals surface area contributed by atoms with Crippen LogP contribution in [0.15, 0.2) is 42.0 Å². The lowest BCUT2D eigenvalue weighted by Crippen LogP contribution is -2.67. The average molecular weight is 465 g/mol. The first-order valence-corrected chi connectivity index (χ1v) is 16.0. The Bertz CT molecular complexity index is 969. The Morgan fingerprint density at radius 2 is 1.45 bits per heavy atom. The van der Waals surface area contributed by atoms with E-state index in [1.165, 1.54) is 23.1 Å². The Labute approximate surface area is 205 Å². The van der Waals surface area contributed by atoms with Crippen LogP contribution in [0.25, 0.3) is 5.57 Å². The average Bonchev–Trinajstić information content (AvgIpc) is 3.13. The molecular weight excluding hydrogens is 416 g/mol. The molecule has 4 unspecified atom stereocenters. The molecule has 3 heteroatoms. The second-order valence-corrected chi connectivity index (χ2v) is 18.7. The molecule has 1 aromatic carbocycles. The van der Waals surface area contributed by atoms with Gasteiger partial charge in [0.25, 0.3) is 0 Å². The predicted octanol–water partition coefficient (Wildman–Crippen LogP) is 7.34. The van der Waals surface area contributed by atoms with E-state index in [2.05, 4.69) is 128 Å². The van der Waals surface area contributed by atoms with Crippen LogP contribution in [0, 0.1) is 11.8 Å². The first kappa shape index (κ1) is 24.9. The molecule has 1 fully saturated rings. The lowest BCUT2D eigenvalue weighted by Gasteiger charge is -2.57. The fourth-order valence-electron chi connectivity index (χ4n) is 8.52. The number of allylic oxidation sites excluding steroid dienone is 3. The van der Waals surface area contributed by atoms with E-state index in [0.717, 1.165) is 5.54 Å². The molecule has 3 aliphatic carbocycles. The third-order valence-electron chi connectivity index (χ3n) is 8.91. The summed E-state index contributed by atoms with van der Waals surface area (Å²) in [5, 5.41) is 0. The summed E-state index contributed by atoms with van der Waals surface area (Å²) in [6, 6.07) is 9.76. The van der Waals surface area contributed by atoms with Crippen molar-refractivity contribution in [2.45, 2.75) is 103 Å². The number of hydrogen-bond acceptors (Lipinski definition) is 2. The summed E-state index contributed by atoms with van der Waals surface area (Å²) in [6.07, 6.45) is 6.76. The van der Waals surface area contributed by atoms with Gasteiger partial charge in [0.2, 0.25) is 0 Å². The highest BCUT2D eigenvalue weighted by Gasteiger charge is 2.57. The highest BCUT2D eigenvalue weighted by Crippen LogP contribution is 2.60. The van der Waals surface area contributed by atoms with Gasteiger partial charge in [-0.25, -0.2) is 0 Å². The van der Waals surface area contributed by atoms with Gasteiger partial charge in [0.1, 0.15) is 8.24 Å². The molecule has 0 saturated heterocycles. The minimum Gasteiger partial charge on any atom is -0.314 e. The SMILES string of the molecule is CN(C)C1CC([Si](C)(C)N(C(C)(C)C)C(C)(C)C)C2C=C3C(=CC21)C(C)(C)c1ccccc13. The highest BCUT2D eigenvalue weighted by atomic mass is 28.3. The highest BCUT2D eigenvalue weighted by molar-refractivity contribution is 6.76. The van der Waals surface area contributed by atoms with Gasteiger partial charge in [-0.05, 0) is 102 Å². The van der Waals surface area contributed by atoms with E-state index in [0.29, 0.717) is 17.9 Å². The quantitative estimate of drug-likeness (QED) is 0.432. The molecule has 1 saturated carbocycles. The maximum atomic E-state index is 2.94. The number of hydrogen-bond donors (Lipinski definition) is 0. The maximum Gasteiger partial charge on any atom is 0.127 e. The second kappa shape index (κ2) is 7.67. The van der Waals surface area contributed by atoms with Crippen LogP contribution in [-0.4, -0.2) is 48.9 Å². The number of nitrogens with zero attached hydrogens (tertiary/aromatic N) is 2. The van der Waals surface area contributed by atoms with Crippen molar-refractivity contribution in [1.82, 2.24) is 9.47 Å². The summed E-state index contributed by atoms with van der Waals surface area (Å²) in [5.74, 6) is 1.22. The van der Waals surface area contributed by atoms with Crippen molar-refractivity contribution in [2.75, 3.05) is 14.1 Å². The zero-order valence-electron chi connectivity index (χ0n) is 23.4. The van der Waals surface area contributed by atoms with Gasteiger partial charge in [-0.15, -0.1) is 0 Å². The van der Waals surface area contributed by atoms with Crippen LogP contribution < -0.4 is 0 Å². The molecule has 33 heavy (non-hydrogen) atoms. The summed E-state index contributed by atoms with van der Waals surface area (Å²) in [7, 11) is 2.80. The van der Waals surface area contributed by atoms with Crippen molar-refractivity contribution in [3.05, 3.63) is 53.1 Å². The van der Waals surface area contributed by atoms with E-state index in [4.69, 9.17) is 0 Å². The maximum absolute atomic E-state index is 2.94. The van der Waals surface area contributed by atoms with Gasteiger partial charge in [-0.1, -0.05) is 63.4 Å². The Kier molecular flexibility index (Phi) is 5.80. The second-order valence-electron chi connectivity index (χ2n) is 14.2. The van der Waals surface area contributed by atoms with E-state index < -0.39 is 8.24 Å². The van der Waals surface area contributed by atoms with E-state index in [1.807, 2.05) is 0 Å². The smallest absolute Gasteiger partial charge is 0.127 e. The van der Waals surface area contributed by atoms with E-state index >= 15 is 0 Å². The molecular formula is C30H48N2Si. The Hall–Kier alpha value is -1.16. The van der Waals surface area contributed by atoms with Crippen molar-refractivity contribution in [3.63, 3.8) is 0 Å². The molecule has 0 radical (unpaired) electrons. The Balaban J connectivity index is 1.86. The lowest BCUT2D eigenvalue weighted by atomic mass is 9.75. The molecule has 1 aromatic rings. The van der Waals surface area contributed by atoms with Gasteiger partial charge < -0.3 is 9.47 Å². The lowest BCUT2D eigenvalue weighted by molar-refractivity contribution is 0.122. The molecule has 0 aliphatic heterocycles. The fourth-order valence-corrected chi connectivity index (χ4v) is 14.4. The first-order valence-electron chi connectivity index (χ1n) is 13.0. The summed E-state index contributed by atoms with van der Waals surface area (Å²) in [6.45, 7) is 24.7. The van der Waals surface area contributed by atoms with Crippen LogP contribution in [0.5, 0.6) is 0 Å². The molecule has 2 nitrogen and oxygen atoms in total. The van der Waals surface area contributed by atoms with Gasteiger partial charge in [0.05, 0.1) is 0 Å². The molecule has 4 atom stereocenters. The van der Waals surface area contributed by atoms with Crippen molar-refractivity contribution >= 4 is 13.8 Å². The molecule has 3 aliphatic rings. The third kappa shape index (κ3) is 3.83. The Morgan fingerprint density at radius 1 is 0.879 bits per heavy atom. The number of benzene rings is 1. The van der Waals surface area contributed by atoms with Crippen molar-refractivity contribution in [3.8, 4) is 0 Å². The van der Waals surface area contributed by atoms with Crippen molar-refractivity contribution in [1.29, 1.82) is 0 Å². The van der Waals surface area contributed by atoms with Gasteiger partial charge in [0.15, 0.2) is 0 Å². The van der Waals surface area contributed by atoms with Gasteiger partial charge >= 0.3 is 0 Å². The molecule has 0 spiro atoms. The van der Waals surface area contributed by atoms with E-state index in [9.17, 15) is 0 Å². The largest absolute Gasteiger partial charge is 0.314 e. The summed E-state index contributed by atoms with van der Waals surface area (Å²) in [5.41, 5.74) is 7.22. The van der Waals surface area contributed by atoms with Crippen LogP contribution in [0.4, 0.5) is 0 Å².